The highest BCUT2D eigenvalue weighted by atomic mass is 19.1. The van der Waals surface area contributed by atoms with Crippen molar-refractivity contribution in [1.82, 2.24) is 10.2 Å². The van der Waals surface area contributed by atoms with E-state index in [9.17, 15) is 9.18 Å². The lowest BCUT2D eigenvalue weighted by molar-refractivity contribution is -0.138. The molecule has 1 saturated heterocycles. The molecule has 1 aliphatic carbocycles. The van der Waals surface area contributed by atoms with Gasteiger partial charge in [-0.15, -0.1) is 0 Å². The van der Waals surface area contributed by atoms with E-state index in [1.54, 1.807) is 12.1 Å². The molecule has 1 aromatic carbocycles. The normalized spacial score (nSPS) is 21.2. The van der Waals surface area contributed by atoms with Crippen LogP contribution in [0.5, 0.6) is 0 Å². The molecule has 0 spiro atoms. The van der Waals surface area contributed by atoms with Crippen molar-refractivity contribution < 1.29 is 9.18 Å². The number of likely N-dealkylation sites (tertiary alicyclic amines) is 1. The van der Waals surface area contributed by atoms with Crippen LogP contribution in [0.25, 0.3) is 0 Å². The van der Waals surface area contributed by atoms with E-state index in [-0.39, 0.29) is 11.7 Å². The van der Waals surface area contributed by atoms with Crippen molar-refractivity contribution in [2.24, 2.45) is 5.92 Å². The van der Waals surface area contributed by atoms with Gasteiger partial charge in [0.15, 0.2) is 0 Å². The summed E-state index contributed by atoms with van der Waals surface area (Å²) in [4.78, 5) is 15.4. The summed E-state index contributed by atoms with van der Waals surface area (Å²) in [5.74, 6) is 0.658. The van der Waals surface area contributed by atoms with Crippen LogP contribution in [0.2, 0.25) is 0 Å². The minimum Gasteiger partial charge on any atom is -0.342 e. The number of hydrogen-bond donors (Lipinski definition) is 1. The molecular weight excluding hydrogens is 303 g/mol. The topological polar surface area (TPSA) is 32.3 Å². The van der Waals surface area contributed by atoms with E-state index < -0.39 is 5.41 Å². The Hall–Kier alpha value is -1.42. The van der Waals surface area contributed by atoms with Crippen molar-refractivity contribution in [1.29, 1.82) is 0 Å². The van der Waals surface area contributed by atoms with Gasteiger partial charge in [-0.1, -0.05) is 31.9 Å². The van der Waals surface area contributed by atoms with E-state index in [4.69, 9.17) is 0 Å². The molecule has 0 aromatic heterocycles. The zero-order chi connectivity index (χ0) is 17.0. The van der Waals surface area contributed by atoms with Gasteiger partial charge in [0.25, 0.3) is 0 Å². The molecule has 0 bridgehead atoms. The summed E-state index contributed by atoms with van der Waals surface area (Å²) >= 11 is 0. The molecule has 132 valence electrons. The van der Waals surface area contributed by atoms with Gasteiger partial charge < -0.3 is 10.2 Å². The van der Waals surface area contributed by atoms with Gasteiger partial charge in [0, 0.05) is 13.1 Å². The molecule has 0 atom stereocenters. The predicted molar refractivity (Wildman–Crippen MR) is 94.4 cm³/mol. The van der Waals surface area contributed by atoms with E-state index in [1.807, 2.05) is 11.0 Å². The van der Waals surface area contributed by atoms with Crippen LogP contribution in [0.3, 0.4) is 0 Å². The monoisotopic (exact) mass is 332 g/mol. The molecule has 3 nitrogen and oxygen atoms in total. The van der Waals surface area contributed by atoms with Crippen molar-refractivity contribution in [3.63, 3.8) is 0 Å². The number of amides is 1. The number of carbonyl (C=O) groups excluding carboxylic acids is 1. The highest BCUT2D eigenvalue weighted by Gasteiger charge is 2.45. The Balaban J connectivity index is 1.72. The third kappa shape index (κ3) is 3.49. The van der Waals surface area contributed by atoms with Crippen molar-refractivity contribution in [2.45, 2.75) is 50.9 Å². The number of nitrogens with one attached hydrogen (secondary N) is 1. The predicted octanol–water partition coefficient (Wildman–Crippen LogP) is 3.49. The van der Waals surface area contributed by atoms with E-state index in [1.165, 1.54) is 6.07 Å². The molecular formula is C20H29FN2O. The molecule has 1 heterocycles. The zero-order valence-corrected chi connectivity index (χ0v) is 14.7. The van der Waals surface area contributed by atoms with Crippen LogP contribution in [0, 0.1) is 11.7 Å². The molecule has 1 aliphatic heterocycles. The first-order valence-electron chi connectivity index (χ1n) is 9.42. The average molecular weight is 332 g/mol. The SMILES string of the molecule is CCNCC1CCN(C(=O)C2(c3cccc(F)c3)CCCC2)CC1. The lowest BCUT2D eigenvalue weighted by atomic mass is 9.77. The van der Waals surface area contributed by atoms with Gasteiger partial charge in [0.05, 0.1) is 5.41 Å². The minimum atomic E-state index is -0.489. The Kier molecular flexibility index (Phi) is 5.54. The van der Waals surface area contributed by atoms with Crippen molar-refractivity contribution in [3.8, 4) is 0 Å². The Morgan fingerprint density at radius 1 is 1.29 bits per heavy atom. The van der Waals surface area contributed by atoms with E-state index in [2.05, 4.69) is 12.2 Å². The van der Waals surface area contributed by atoms with Crippen LogP contribution < -0.4 is 5.32 Å². The fourth-order valence-electron chi connectivity index (χ4n) is 4.38. The second kappa shape index (κ2) is 7.64. The van der Waals surface area contributed by atoms with Crippen molar-refractivity contribution in [3.05, 3.63) is 35.6 Å². The first-order chi connectivity index (χ1) is 11.7. The van der Waals surface area contributed by atoms with Crippen LogP contribution in [-0.4, -0.2) is 37.0 Å². The highest BCUT2D eigenvalue weighted by Crippen LogP contribution is 2.43. The Labute approximate surface area is 144 Å². The van der Waals surface area contributed by atoms with Gasteiger partial charge in [-0.2, -0.15) is 0 Å². The number of nitrogens with zero attached hydrogens (tertiary/aromatic N) is 1. The lowest BCUT2D eigenvalue weighted by Crippen LogP contribution is -2.49. The summed E-state index contributed by atoms with van der Waals surface area (Å²) in [6.45, 7) is 5.86. The van der Waals surface area contributed by atoms with E-state index in [0.29, 0.717) is 5.92 Å². The molecule has 2 fully saturated rings. The Morgan fingerprint density at radius 3 is 2.62 bits per heavy atom. The summed E-state index contributed by atoms with van der Waals surface area (Å²) < 4.78 is 13.7. The van der Waals surface area contributed by atoms with E-state index >= 15 is 0 Å². The van der Waals surface area contributed by atoms with Gasteiger partial charge >= 0.3 is 0 Å². The highest BCUT2D eigenvalue weighted by molar-refractivity contribution is 5.88. The maximum absolute atomic E-state index is 13.7. The Morgan fingerprint density at radius 2 is 2.00 bits per heavy atom. The minimum absolute atomic E-state index is 0.229. The molecule has 1 amide bonds. The molecule has 24 heavy (non-hydrogen) atoms. The quantitative estimate of drug-likeness (QED) is 0.895. The average Bonchev–Trinajstić information content (AvgIpc) is 3.11. The van der Waals surface area contributed by atoms with Gasteiger partial charge in [0.1, 0.15) is 5.82 Å². The molecule has 1 aromatic rings. The largest absolute Gasteiger partial charge is 0.342 e. The summed E-state index contributed by atoms with van der Waals surface area (Å²) in [6.07, 6.45) is 5.95. The van der Waals surface area contributed by atoms with Gasteiger partial charge in [-0.3, -0.25) is 4.79 Å². The van der Waals surface area contributed by atoms with Gasteiger partial charge in [0.2, 0.25) is 5.91 Å². The summed E-state index contributed by atoms with van der Waals surface area (Å²) in [5.41, 5.74) is 0.385. The van der Waals surface area contributed by atoms with Crippen LogP contribution in [0.15, 0.2) is 24.3 Å². The summed E-state index contributed by atoms with van der Waals surface area (Å²) in [6, 6.07) is 6.70. The smallest absolute Gasteiger partial charge is 0.233 e. The molecule has 1 N–H and O–H groups in total. The molecule has 2 aliphatic rings. The van der Waals surface area contributed by atoms with Gasteiger partial charge in [-0.25, -0.2) is 4.39 Å². The van der Waals surface area contributed by atoms with Crippen molar-refractivity contribution >= 4 is 5.91 Å². The van der Waals surface area contributed by atoms with Crippen molar-refractivity contribution in [2.75, 3.05) is 26.2 Å². The maximum Gasteiger partial charge on any atom is 0.233 e. The summed E-state index contributed by atoms with van der Waals surface area (Å²) in [7, 11) is 0. The third-order valence-corrected chi connectivity index (χ3v) is 5.83. The second-order valence-corrected chi connectivity index (χ2v) is 7.34. The standard InChI is InChI=1S/C20H29FN2O/c1-2-22-15-16-8-12-23(13-9-16)19(24)20(10-3-4-11-20)17-6-5-7-18(21)14-17/h5-7,14,16,22H,2-4,8-13,15H2,1H3. The number of carbonyl (C=O) groups is 1. The first kappa shape index (κ1) is 17.4. The maximum atomic E-state index is 13.7. The molecule has 4 heteroatoms. The number of halogens is 1. The van der Waals surface area contributed by atoms with E-state index in [0.717, 1.165) is 70.3 Å². The molecule has 0 radical (unpaired) electrons. The first-order valence-corrected chi connectivity index (χ1v) is 9.42. The lowest BCUT2D eigenvalue weighted by Gasteiger charge is -2.39. The number of hydrogen-bond acceptors (Lipinski definition) is 2. The second-order valence-electron chi connectivity index (χ2n) is 7.34. The summed E-state index contributed by atoms with van der Waals surface area (Å²) in [5, 5.41) is 3.41. The molecule has 0 unspecified atom stereocenters. The number of rotatable bonds is 5. The molecule has 1 saturated carbocycles. The van der Waals surface area contributed by atoms with Crippen LogP contribution in [0.4, 0.5) is 4.39 Å². The fraction of sp³-hybridized carbons (Fsp3) is 0.650. The Bertz CT molecular complexity index is 561. The van der Waals surface area contributed by atoms with Crippen LogP contribution in [0.1, 0.15) is 51.0 Å². The van der Waals surface area contributed by atoms with Crippen LogP contribution in [-0.2, 0) is 10.2 Å². The number of piperidine rings is 1. The zero-order valence-electron chi connectivity index (χ0n) is 14.7. The van der Waals surface area contributed by atoms with Crippen LogP contribution >= 0.6 is 0 Å². The number of benzene rings is 1. The fourth-order valence-corrected chi connectivity index (χ4v) is 4.38. The third-order valence-electron chi connectivity index (χ3n) is 5.83. The molecule has 3 rings (SSSR count). The van der Waals surface area contributed by atoms with Gasteiger partial charge in [-0.05, 0) is 62.4 Å².